The van der Waals surface area contributed by atoms with E-state index >= 15 is 0 Å². The molecule has 114 valence electrons. The Bertz CT molecular complexity index is 694. The van der Waals surface area contributed by atoms with Crippen LogP contribution in [0.15, 0.2) is 47.7 Å². The number of rotatable bonds is 5. The molecule has 0 radical (unpaired) electrons. The predicted octanol–water partition coefficient (Wildman–Crippen LogP) is 2.20. The van der Waals surface area contributed by atoms with E-state index in [2.05, 4.69) is 15.8 Å². The van der Waals surface area contributed by atoms with Gasteiger partial charge in [-0.3, -0.25) is 15.5 Å². The largest absolute Gasteiger partial charge is 0.362 e. The van der Waals surface area contributed by atoms with Crippen LogP contribution in [0.2, 0.25) is 0 Å². The second kappa shape index (κ2) is 7.32. The van der Waals surface area contributed by atoms with E-state index in [9.17, 15) is 10.1 Å². The van der Waals surface area contributed by atoms with E-state index in [4.69, 9.17) is 12.2 Å². The second-order valence-corrected chi connectivity index (χ2v) is 4.71. The van der Waals surface area contributed by atoms with Crippen molar-refractivity contribution in [2.75, 3.05) is 6.54 Å². The SMILES string of the molecule is CCNC(=S)NN=Cc1cccn1-c1ccc([N+](=O)[O-])cc1. The summed E-state index contributed by atoms with van der Waals surface area (Å²) < 4.78 is 1.87. The molecule has 0 aliphatic rings. The zero-order valence-corrected chi connectivity index (χ0v) is 12.7. The highest BCUT2D eigenvalue weighted by Gasteiger charge is 2.06. The van der Waals surface area contributed by atoms with Crippen molar-refractivity contribution in [3.05, 3.63) is 58.4 Å². The average molecular weight is 317 g/mol. The Morgan fingerprint density at radius 2 is 2.14 bits per heavy atom. The van der Waals surface area contributed by atoms with Crippen LogP contribution >= 0.6 is 12.2 Å². The van der Waals surface area contributed by atoms with Crippen LogP contribution in [0.25, 0.3) is 5.69 Å². The molecule has 0 unspecified atom stereocenters. The van der Waals surface area contributed by atoms with Crippen molar-refractivity contribution >= 4 is 29.2 Å². The van der Waals surface area contributed by atoms with Crippen LogP contribution in [0.1, 0.15) is 12.6 Å². The number of hydrogen-bond donors (Lipinski definition) is 2. The quantitative estimate of drug-likeness (QED) is 0.382. The highest BCUT2D eigenvalue weighted by molar-refractivity contribution is 7.80. The Balaban J connectivity index is 2.13. The fourth-order valence-corrected chi connectivity index (χ4v) is 2.02. The van der Waals surface area contributed by atoms with Gasteiger partial charge in [0.25, 0.3) is 5.69 Å². The fourth-order valence-electron chi connectivity index (χ4n) is 1.83. The lowest BCUT2D eigenvalue weighted by Gasteiger charge is -2.06. The maximum atomic E-state index is 10.7. The van der Waals surface area contributed by atoms with Crippen LogP contribution in [0.5, 0.6) is 0 Å². The maximum Gasteiger partial charge on any atom is 0.269 e. The minimum atomic E-state index is -0.423. The number of nitrogens with zero attached hydrogens (tertiary/aromatic N) is 3. The summed E-state index contributed by atoms with van der Waals surface area (Å²) in [6.45, 7) is 2.66. The molecule has 0 spiro atoms. The first-order chi connectivity index (χ1) is 10.6. The number of hydrogen-bond acceptors (Lipinski definition) is 4. The smallest absolute Gasteiger partial charge is 0.269 e. The number of nitrogens with one attached hydrogen (secondary N) is 2. The summed E-state index contributed by atoms with van der Waals surface area (Å²) in [5, 5.41) is 18.1. The van der Waals surface area contributed by atoms with Gasteiger partial charge in [-0.05, 0) is 43.4 Å². The molecule has 22 heavy (non-hydrogen) atoms. The number of nitro benzene ring substituents is 1. The van der Waals surface area contributed by atoms with Crippen LogP contribution in [0, 0.1) is 10.1 Å². The summed E-state index contributed by atoms with van der Waals surface area (Å²) >= 11 is 5.01. The molecule has 0 bridgehead atoms. The van der Waals surface area contributed by atoms with Crippen LogP contribution in [0.3, 0.4) is 0 Å². The van der Waals surface area contributed by atoms with Gasteiger partial charge in [0, 0.05) is 30.6 Å². The van der Waals surface area contributed by atoms with Gasteiger partial charge in [-0.15, -0.1) is 0 Å². The number of benzene rings is 1. The summed E-state index contributed by atoms with van der Waals surface area (Å²) in [6.07, 6.45) is 3.48. The minimum absolute atomic E-state index is 0.0591. The molecule has 7 nitrogen and oxygen atoms in total. The van der Waals surface area contributed by atoms with E-state index in [1.807, 2.05) is 29.8 Å². The first kappa shape index (κ1) is 15.6. The first-order valence-electron chi connectivity index (χ1n) is 6.61. The van der Waals surface area contributed by atoms with E-state index in [-0.39, 0.29) is 5.69 Å². The predicted molar refractivity (Wildman–Crippen MR) is 89.4 cm³/mol. The molecule has 1 aromatic carbocycles. The summed E-state index contributed by atoms with van der Waals surface area (Å²) in [6, 6.07) is 10.1. The molecule has 8 heteroatoms. The zero-order valence-electron chi connectivity index (χ0n) is 11.9. The molecule has 1 heterocycles. The summed E-state index contributed by atoms with van der Waals surface area (Å²) in [7, 11) is 0. The molecule has 0 fully saturated rings. The van der Waals surface area contributed by atoms with Gasteiger partial charge in [0.1, 0.15) is 0 Å². The molecule has 1 aromatic heterocycles. The zero-order chi connectivity index (χ0) is 15.9. The Morgan fingerprint density at radius 3 is 2.77 bits per heavy atom. The van der Waals surface area contributed by atoms with Crippen molar-refractivity contribution in [1.29, 1.82) is 0 Å². The van der Waals surface area contributed by atoms with Crippen molar-refractivity contribution in [3.8, 4) is 5.69 Å². The number of thiocarbonyl (C=S) groups is 1. The van der Waals surface area contributed by atoms with Crippen LogP contribution in [-0.2, 0) is 0 Å². The van der Waals surface area contributed by atoms with Crippen LogP contribution in [-0.4, -0.2) is 27.4 Å². The van der Waals surface area contributed by atoms with Gasteiger partial charge in [0.2, 0.25) is 0 Å². The highest BCUT2D eigenvalue weighted by atomic mass is 32.1. The molecule has 2 N–H and O–H groups in total. The summed E-state index contributed by atoms with van der Waals surface area (Å²) in [5.41, 5.74) is 4.40. The van der Waals surface area contributed by atoms with Gasteiger partial charge in [-0.1, -0.05) is 0 Å². The fraction of sp³-hybridized carbons (Fsp3) is 0.143. The van der Waals surface area contributed by atoms with Gasteiger partial charge >= 0.3 is 0 Å². The van der Waals surface area contributed by atoms with Crippen molar-refractivity contribution in [3.63, 3.8) is 0 Å². The van der Waals surface area contributed by atoms with E-state index in [1.165, 1.54) is 12.1 Å². The van der Waals surface area contributed by atoms with Crippen molar-refractivity contribution in [1.82, 2.24) is 15.3 Å². The molecule has 0 atom stereocenters. The van der Waals surface area contributed by atoms with Crippen molar-refractivity contribution in [2.24, 2.45) is 5.10 Å². The maximum absolute atomic E-state index is 10.7. The summed E-state index contributed by atoms with van der Waals surface area (Å²) in [5.74, 6) is 0. The van der Waals surface area contributed by atoms with Gasteiger partial charge in [-0.2, -0.15) is 5.10 Å². The third kappa shape index (κ3) is 3.89. The Kier molecular flexibility index (Phi) is 5.21. The molecule has 0 aliphatic carbocycles. The average Bonchev–Trinajstić information content (AvgIpc) is 2.96. The van der Waals surface area contributed by atoms with E-state index in [0.29, 0.717) is 5.11 Å². The lowest BCUT2D eigenvalue weighted by molar-refractivity contribution is -0.384. The first-order valence-corrected chi connectivity index (χ1v) is 7.01. The van der Waals surface area contributed by atoms with E-state index in [1.54, 1.807) is 18.3 Å². The van der Waals surface area contributed by atoms with Crippen molar-refractivity contribution < 1.29 is 4.92 Å². The Hall–Kier alpha value is -2.74. The monoisotopic (exact) mass is 317 g/mol. The third-order valence-corrected chi connectivity index (χ3v) is 3.05. The molecule has 0 aliphatic heterocycles. The normalized spacial score (nSPS) is 10.6. The lowest BCUT2D eigenvalue weighted by Crippen LogP contribution is -2.31. The molecule has 2 aromatic rings. The Labute approximate surface area is 132 Å². The van der Waals surface area contributed by atoms with Gasteiger partial charge in [-0.25, -0.2) is 0 Å². The van der Waals surface area contributed by atoms with Crippen molar-refractivity contribution in [2.45, 2.75) is 6.92 Å². The lowest BCUT2D eigenvalue weighted by atomic mass is 10.3. The standard InChI is InChI=1S/C14H15N5O2S/c1-2-15-14(22)17-16-10-13-4-3-9-18(13)11-5-7-12(8-6-11)19(20)21/h3-10H,2H2,1H3,(H2,15,17,22). The number of aromatic nitrogens is 1. The minimum Gasteiger partial charge on any atom is -0.362 e. The Morgan fingerprint density at radius 1 is 1.41 bits per heavy atom. The second-order valence-electron chi connectivity index (χ2n) is 4.31. The van der Waals surface area contributed by atoms with Crippen LogP contribution in [0.4, 0.5) is 5.69 Å². The molecule has 0 amide bonds. The molecular weight excluding hydrogens is 302 g/mol. The van der Waals surface area contributed by atoms with Gasteiger partial charge < -0.3 is 9.88 Å². The molecular formula is C14H15N5O2S. The van der Waals surface area contributed by atoms with E-state index in [0.717, 1.165) is 17.9 Å². The molecule has 0 saturated carbocycles. The van der Waals surface area contributed by atoms with Gasteiger partial charge in [0.15, 0.2) is 5.11 Å². The molecule has 0 saturated heterocycles. The van der Waals surface area contributed by atoms with Crippen LogP contribution < -0.4 is 10.7 Å². The molecule has 2 rings (SSSR count). The highest BCUT2D eigenvalue weighted by Crippen LogP contribution is 2.16. The third-order valence-electron chi connectivity index (χ3n) is 2.82. The number of non-ortho nitro benzene ring substituents is 1. The number of hydrazone groups is 1. The summed E-state index contributed by atoms with van der Waals surface area (Å²) in [4.78, 5) is 10.3. The topological polar surface area (TPSA) is 84.5 Å². The van der Waals surface area contributed by atoms with Gasteiger partial charge in [0.05, 0.1) is 16.8 Å². The number of nitro groups is 1. The van der Waals surface area contributed by atoms with E-state index < -0.39 is 4.92 Å².